The van der Waals surface area contributed by atoms with Gasteiger partial charge in [0.15, 0.2) is 6.10 Å². The first-order valence-corrected chi connectivity index (χ1v) is 8.39. The Labute approximate surface area is 156 Å². The Bertz CT molecular complexity index is 833. The maximum atomic E-state index is 12.4. The molecule has 8 heteroatoms. The molecule has 8 nitrogen and oxygen atoms in total. The average Bonchev–Trinajstić information content (AvgIpc) is 2.61. The maximum Gasteiger partial charge on any atom is 0.269 e. The Balaban J connectivity index is 2.06. The van der Waals surface area contributed by atoms with Crippen molar-refractivity contribution < 1.29 is 19.2 Å². The molecule has 142 valence electrons. The summed E-state index contributed by atoms with van der Waals surface area (Å²) in [4.78, 5) is 34.8. The highest BCUT2D eigenvalue weighted by molar-refractivity contribution is 6.04. The van der Waals surface area contributed by atoms with Crippen LogP contribution in [0.2, 0.25) is 0 Å². The Kier molecular flexibility index (Phi) is 6.48. The lowest BCUT2D eigenvalue weighted by atomic mass is 10.1. The molecule has 1 atom stereocenters. The second-order valence-electron chi connectivity index (χ2n) is 6.17. The molecule has 2 aromatic carbocycles. The van der Waals surface area contributed by atoms with Crippen molar-refractivity contribution >= 4 is 23.2 Å². The zero-order valence-corrected chi connectivity index (χ0v) is 15.3. The molecule has 0 fully saturated rings. The van der Waals surface area contributed by atoms with Gasteiger partial charge in [-0.05, 0) is 45.0 Å². The predicted octanol–water partition coefficient (Wildman–Crippen LogP) is 3.14. The van der Waals surface area contributed by atoms with E-state index in [0.29, 0.717) is 17.0 Å². The second-order valence-corrected chi connectivity index (χ2v) is 6.17. The summed E-state index contributed by atoms with van der Waals surface area (Å²) in [6.07, 6.45) is -0.868. The Morgan fingerprint density at radius 2 is 1.67 bits per heavy atom. The van der Waals surface area contributed by atoms with E-state index < -0.39 is 16.9 Å². The van der Waals surface area contributed by atoms with Gasteiger partial charge in [-0.2, -0.15) is 0 Å². The van der Waals surface area contributed by atoms with E-state index in [9.17, 15) is 19.7 Å². The summed E-state index contributed by atoms with van der Waals surface area (Å²) in [6, 6.07) is 12.1. The van der Waals surface area contributed by atoms with Crippen LogP contribution in [0.25, 0.3) is 0 Å². The van der Waals surface area contributed by atoms with Crippen molar-refractivity contribution in [2.45, 2.75) is 32.9 Å². The number of carbonyl (C=O) groups is 2. The number of para-hydroxylation sites is 1. The minimum Gasteiger partial charge on any atom is -0.481 e. The number of non-ortho nitro benzene ring substituents is 1. The number of hydrogen-bond acceptors (Lipinski definition) is 5. The van der Waals surface area contributed by atoms with Gasteiger partial charge in [-0.25, -0.2) is 0 Å². The lowest BCUT2D eigenvalue weighted by Gasteiger charge is -2.17. The molecule has 0 radical (unpaired) electrons. The van der Waals surface area contributed by atoms with Crippen LogP contribution < -0.4 is 15.4 Å². The van der Waals surface area contributed by atoms with Gasteiger partial charge in [0, 0.05) is 18.2 Å². The van der Waals surface area contributed by atoms with Crippen molar-refractivity contribution in [3.63, 3.8) is 0 Å². The van der Waals surface area contributed by atoms with Gasteiger partial charge in [0.2, 0.25) is 0 Å². The fourth-order valence-electron chi connectivity index (χ4n) is 2.27. The third-order valence-electron chi connectivity index (χ3n) is 3.58. The first-order valence-electron chi connectivity index (χ1n) is 8.39. The van der Waals surface area contributed by atoms with Gasteiger partial charge in [-0.1, -0.05) is 12.1 Å². The van der Waals surface area contributed by atoms with Crippen LogP contribution in [0.4, 0.5) is 11.4 Å². The number of anilines is 1. The van der Waals surface area contributed by atoms with E-state index in [0.717, 1.165) is 0 Å². The van der Waals surface area contributed by atoms with Crippen LogP contribution in [0.3, 0.4) is 0 Å². The van der Waals surface area contributed by atoms with E-state index in [2.05, 4.69) is 10.6 Å². The van der Waals surface area contributed by atoms with Gasteiger partial charge < -0.3 is 15.4 Å². The SMILES string of the molecule is CC(C)NC(=O)c1ccccc1NC(=O)[C@H](C)Oc1ccc([N+](=O)[O-])cc1. The van der Waals surface area contributed by atoms with E-state index in [-0.39, 0.29) is 17.6 Å². The predicted molar refractivity (Wildman–Crippen MR) is 101 cm³/mol. The van der Waals surface area contributed by atoms with Crippen LogP contribution >= 0.6 is 0 Å². The summed E-state index contributed by atoms with van der Waals surface area (Å²) in [5.74, 6) is -0.405. The number of nitro groups is 1. The van der Waals surface area contributed by atoms with E-state index in [1.54, 1.807) is 31.2 Å². The number of carbonyl (C=O) groups excluding carboxylic acids is 2. The number of ether oxygens (including phenoxy) is 1. The van der Waals surface area contributed by atoms with Gasteiger partial charge in [0.05, 0.1) is 16.2 Å². The van der Waals surface area contributed by atoms with Crippen LogP contribution in [0.1, 0.15) is 31.1 Å². The smallest absolute Gasteiger partial charge is 0.269 e. The highest BCUT2D eigenvalue weighted by atomic mass is 16.6. The van der Waals surface area contributed by atoms with Crippen LogP contribution in [0.5, 0.6) is 5.75 Å². The van der Waals surface area contributed by atoms with Crippen molar-refractivity contribution in [3.05, 3.63) is 64.2 Å². The molecule has 0 bridgehead atoms. The fourth-order valence-corrected chi connectivity index (χ4v) is 2.27. The average molecular weight is 371 g/mol. The molecule has 27 heavy (non-hydrogen) atoms. The number of nitrogens with one attached hydrogen (secondary N) is 2. The van der Waals surface area contributed by atoms with Crippen LogP contribution in [0.15, 0.2) is 48.5 Å². The van der Waals surface area contributed by atoms with Crippen LogP contribution in [-0.4, -0.2) is 28.9 Å². The lowest BCUT2D eigenvalue weighted by molar-refractivity contribution is -0.384. The number of rotatable bonds is 7. The van der Waals surface area contributed by atoms with Crippen molar-refractivity contribution in [1.82, 2.24) is 5.32 Å². The highest BCUT2D eigenvalue weighted by Gasteiger charge is 2.19. The van der Waals surface area contributed by atoms with Gasteiger partial charge >= 0.3 is 0 Å². The maximum absolute atomic E-state index is 12.4. The van der Waals surface area contributed by atoms with E-state index in [1.807, 2.05) is 13.8 Å². The number of nitro benzene ring substituents is 1. The number of hydrogen-bond donors (Lipinski definition) is 2. The molecule has 0 saturated heterocycles. The summed E-state index contributed by atoms with van der Waals surface area (Å²) in [5.41, 5.74) is 0.659. The summed E-state index contributed by atoms with van der Waals surface area (Å²) in [6.45, 7) is 5.24. The zero-order valence-electron chi connectivity index (χ0n) is 15.3. The van der Waals surface area contributed by atoms with E-state index in [4.69, 9.17) is 4.74 Å². The van der Waals surface area contributed by atoms with Crippen molar-refractivity contribution in [1.29, 1.82) is 0 Å². The molecule has 0 saturated carbocycles. The normalized spacial score (nSPS) is 11.6. The molecule has 2 amide bonds. The molecular formula is C19H21N3O5. The monoisotopic (exact) mass is 371 g/mol. The van der Waals surface area contributed by atoms with Gasteiger partial charge in [0.1, 0.15) is 5.75 Å². The minimum absolute atomic E-state index is 0.0364. The Hall–Kier alpha value is -3.42. The summed E-state index contributed by atoms with van der Waals surface area (Å²) >= 11 is 0. The molecule has 0 heterocycles. The van der Waals surface area contributed by atoms with Gasteiger partial charge in [-0.15, -0.1) is 0 Å². The number of benzene rings is 2. The largest absolute Gasteiger partial charge is 0.481 e. The van der Waals surface area contributed by atoms with Crippen LogP contribution in [0, 0.1) is 10.1 Å². The second kappa shape index (κ2) is 8.79. The van der Waals surface area contributed by atoms with Gasteiger partial charge in [0.25, 0.3) is 17.5 Å². The minimum atomic E-state index is -0.868. The van der Waals surface area contributed by atoms with Gasteiger partial charge in [-0.3, -0.25) is 19.7 Å². The summed E-state index contributed by atoms with van der Waals surface area (Å²) in [7, 11) is 0. The van der Waals surface area contributed by atoms with Crippen molar-refractivity contribution in [2.24, 2.45) is 0 Å². The van der Waals surface area contributed by atoms with Crippen molar-refractivity contribution in [3.8, 4) is 5.75 Å². The molecular weight excluding hydrogens is 350 g/mol. The molecule has 2 N–H and O–H groups in total. The molecule has 0 aliphatic heterocycles. The third kappa shape index (κ3) is 5.53. The van der Waals surface area contributed by atoms with E-state index >= 15 is 0 Å². The third-order valence-corrected chi connectivity index (χ3v) is 3.58. The zero-order chi connectivity index (χ0) is 20.0. The topological polar surface area (TPSA) is 111 Å². The molecule has 0 aliphatic rings. The van der Waals surface area contributed by atoms with Crippen LogP contribution in [-0.2, 0) is 4.79 Å². The number of nitrogens with zero attached hydrogens (tertiary/aromatic N) is 1. The Morgan fingerprint density at radius 1 is 1.04 bits per heavy atom. The quantitative estimate of drug-likeness (QED) is 0.574. The van der Waals surface area contributed by atoms with E-state index in [1.165, 1.54) is 24.3 Å². The standard InChI is InChI=1S/C19H21N3O5/c1-12(2)20-19(24)16-6-4-5-7-17(16)21-18(23)13(3)27-15-10-8-14(9-11-15)22(25)26/h4-13H,1-3H3,(H,20,24)(H,21,23)/t13-/m0/s1. The fraction of sp³-hybridized carbons (Fsp3) is 0.263. The molecule has 2 rings (SSSR count). The molecule has 0 aliphatic carbocycles. The molecule has 0 spiro atoms. The first-order chi connectivity index (χ1) is 12.8. The molecule has 0 unspecified atom stereocenters. The summed E-state index contributed by atoms with van der Waals surface area (Å²) in [5, 5.41) is 16.1. The lowest BCUT2D eigenvalue weighted by Crippen LogP contribution is -2.33. The Morgan fingerprint density at radius 3 is 2.26 bits per heavy atom. The molecule has 0 aromatic heterocycles. The van der Waals surface area contributed by atoms with Crippen molar-refractivity contribution in [2.75, 3.05) is 5.32 Å². The first kappa shape index (κ1) is 19.9. The molecule has 2 aromatic rings. The highest BCUT2D eigenvalue weighted by Crippen LogP contribution is 2.20. The number of amides is 2. The summed E-state index contributed by atoms with van der Waals surface area (Å²) < 4.78 is 5.51.